The van der Waals surface area contributed by atoms with E-state index in [0.717, 1.165) is 11.3 Å². The zero-order chi connectivity index (χ0) is 12.0. The number of hydrogen-bond acceptors (Lipinski definition) is 3. The van der Waals surface area contributed by atoms with Gasteiger partial charge in [-0.3, -0.25) is 9.78 Å². The number of halogens is 2. The average molecular weight is 294 g/mol. The number of amides is 1. The van der Waals surface area contributed by atoms with Crippen molar-refractivity contribution in [2.45, 2.75) is 39.3 Å². The zero-order valence-corrected chi connectivity index (χ0v) is 12.3. The highest BCUT2D eigenvalue weighted by molar-refractivity contribution is 5.85. The number of aromatic nitrogens is 1. The maximum absolute atomic E-state index is 11.4. The molecule has 0 bridgehead atoms. The molecule has 0 saturated carbocycles. The van der Waals surface area contributed by atoms with Gasteiger partial charge in [0.15, 0.2) is 0 Å². The Hall–Kier alpha value is -0.840. The largest absolute Gasteiger partial charge is 0.350 e. The van der Waals surface area contributed by atoms with Crippen LogP contribution in [0.2, 0.25) is 0 Å². The highest BCUT2D eigenvalue weighted by Crippen LogP contribution is 2.02. The van der Waals surface area contributed by atoms with Gasteiger partial charge in [-0.05, 0) is 31.9 Å². The van der Waals surface area contributed by atoms with Crippen LogP contribution in [0, 0.1) is 6.92 Å². The Morgan fingerprint density at radius 1 is 1.50 bits per heavy atom. The maximum atomic E-state index is 11.4. The van der Waals surface area contributed by atoms with Crippen LogP contribution in [-0.2, 0) is 11.3 Å². The minimum atomic E-state index is 0. The van der Waals surface area contributed by atoms with Gasteiger partial charge in [-0.1, -0.05) is 6.07 Å². The minimum absolute atomic E-state index is 0. The molecule has 0 aliphatic rings. The van der Waals surface area contributed by atoms with Crippen LogP contribution in [0.5, 0.6) is 0 Å². The van der Waals surface area contributed by atoms with Crippen molar-refractivity contribution in [1.29, 1.82) is 0 Å². The van der Waals surface area contributed by atoms with Crippen molar-refractivity contribution in [1.82, 2.24) is 10.3 Å². The summed E-state index contributed by atoms with van der Waals surface area (Å²) in [6, 6.07) is 3.94. The van der Waals surface area contributed by atoms with E-state index >= 15 is 0 Å². The third kappa shape index (κ3) is 7.48. The van der Waals surface area contributed by atoms with Gasteiger partial charge in [0.2, 0.25) is 5.91 Å². The van der Waals surface area contributed by atoms with Crippen molar-refractivity contribution in [2.24, 2.45) is 5.73 Å². The minimum Gasteiger partial charge on any atom is -0.350 e. The number of rotatable bonds is 5. The Morgan fingerprint density at radius 3 is 2.72 bits per heavy atom. The molecule has 18 heavy (non-hydrogen) atoms. The smallest absolute Gasteiger partial charge is 0.220 e. The first-order valence-electron chi connectivity index (χ1n) is 5.52. The van der Waals surface area contributed by atoms with Gasteiger partial charge >= 0.3 is 0 Å². The first-order chi connectivity index (χ1) is 7.59. The van der Waals surface area contributed by atoms with Crippen molar-refractivity contribution in [3.05, 3.63) is 29.6 Å². The molecule has 0 fully saturated rings. The van der Waals surface area contributed by atoms with Gasteiger partial charge in [-0.2, -0.15) is 0 Å². The highest BCUT2D eigenvalue weighted by Gasteiger charge is 2.04. The summed E-state index contributed by atoms with van der Waals surface area (Å²) >= 11 is 0. The SMILES string of the molecule is Cc1cccnc1CNC(=O)CCC(C)N.Cl.Cl. The van der Waals surface area contributed by atoms with E-state index in [4.69, 9.17) is 5.73 Å². The molecule has 0 aliphatic heterocycles. The molecule has 4 nitrogen and oxygen atoms in total. The molecule has 1 rings (SSSR count). The van der Waals surface area contributed by atoms with Gasteiger partial charge in [0.1, 0.15) is 0 Å². The Morgan fingerprint density at radius 2 is 2.17 bits per heavy atom. The predicted molar refractivity (Wildman–Crippen MR) is 78.2 cm³/mol. The monoisotopic (exact) mass is 293 g/mol. The summed E-state index contributed by atoms with van der Waals surface area (Å²) in [4.78, 5) is 15.6. The number of nitrogens with zero attached hydrogens (tertiary/aromatic N) is 1. The third-order valence-corrected chi connectivity index (χ3v) is 2.40. The lowest BCUT2D eigenvalue weighted by atomic mass is 10.2. The van der Waals surface area contributed by atoms with Gasteiger partial charge in [0.05, 0.1) is 12.2 Å². The molecule has 3 N–H and O–H groups in total. The molecule has 1 amide bonds. The number of hydrogen-bond donors (Lipinski definition) is 2. The standard InChI is InChI=1S/C12H19N3O.2ClH/c1-9-4-3-7-14-11(9)8-15-12(16)6-5-10(2)13;;/h3-4,7,10H,5-6,8,13H2,1-2H3,(H,15,16);2*1H. The van der Waals surface area contributed by atoms with E-state index in [1.165, 1.54) is 0 Å². The summed E-state index contributed by atoms with van der Waals surface area (Å²) in [6.45, 7) is 4.37. The highest BCUT2D eigenvalue weighted by atomic mass is 35.5. The average Bonchev–Trinajstić information content (AvgIpc) is 2.25. The summed E-state index contributed by atoms with van der Waals surface area (Å²) in [6.07, 6.45) is 2.92. The lowest BCUT2D eigenvalue weighted by Crippen LogP contribution is -2.26. The molecule has 0 aliphatic carbocycles. The van der Waals surface area contributed by atoms with E-state index in [9.17, 15) is 4.79 Å². The molecule has 6 heteroatoms. The van der Waals surface area contributed by atoms with Gasteiger partial charge in [-0.25, -0.2) is 0 Å². The topological polar surface area (TPSA) is 68.0 Å². The lowest BCUT2D eigenvalue weighted by molar-refractivity contribution is -0.121. The fraction of sp³-hybridized carbons (Fsp3) is 0.500. The summed E-state index contributed by atoms with van der Waals surface area (Å²) in [5, 5.41) is 2.84. The fourth-order valence-electron chi connectivity index (χ4n) is 1.33. The molecule has 1 unspecified atom stereocenters. The van der Waals surface area contributed by atoms with Crippen LogP contribution in [0.4, 0.5) is 0 Å². The molecule has 1 aromatic heterocycles. The van der Waals surface area contributed by atoms with Crippen LogP contribution in [0.15, 0.2) is 18.3 Å². The molecule has 1 heterocycles. The van der Waals surface area contributed by atoms with E-state index < -0.39 is 0 Å². The van der Waals surface area contributed by atoms with E-state index in [1.54, 1.807) is 6.20 Å². The first-order valence-corrected chi connectivity index (χ1v) is 5.52. The Kier molecular flexibility index (Phi) is 11.0. The fourth-order valence-corrected chi connectivity index (χ4v) is 1.33. The van der Waals surface area contributed by atoms with Crippen molar-refractivity contribution >= 4 is 30.7 Å². The molecule has 0 aromatic carbocycles. The van der Waals surface area contributed by atoms with E-state index in [1.807, 2.05) is 26.0 Å². The quantitative estimate of drug-likeness (QED) is 0.872. The van der Waals surface area contributed by atoms with Crippen LogP contribution in [0.25, 0.3) is 0 Å². The van der Waals surface area contributed by atoms with Crippen LogP contribution in [0.3, 0.4) is 0 Å². The number of aryl methyl sites for hydroxylation is 1. The van der Waals surface area contributed by atoms with Crippen LogP contribution >= 0.6 is 24.8 Å². The van der Waals surface area contributed by atoms with Gasteiger partial charge < -0.3 is 11.1 Å². The van der Waals surface area contributed by atoms with Crippen LogP contribution < -0.4 is 11.1 Å². The third-order valence-electron chi connectivity index (χ3n) is 2.40. The first kappa shape index (κ1) is 19.5. The number of carbonyl (C=O) groups is 1. The summed E-state index contributed by atoms with van der Waals surface area (Å²) < 4.78 is 0. The molecule has 1 aromatic rings. The van der Waals surface area contributed by atoms with Gasteiger partial charge in [0, 0.05) is 18.7 Å². The van der Waals surface area contributed by atoms with Crippen molar-refractivity contribution in [2.75, 3.05) is 0 Å². The van der Waals surface area contributed by atoms with E-state index in [0.29, 0.717) is 19.4 Å². The Balaban J connectivity index is 0. The van der Waals surface area contributed by atoms with Crippen molar-refractivity contribution < 1.29 is 4.79 Å². The molecule has 1 atom stereocenters. The van der Waals surface area contributed by atoms with E-state index in [2.05, 4.69) is 10.3 Å². The van der Waals surface area contributed by atoms with Crippen LogP contribution in [-0.4, -0.2) is 16.9 Å². The second-order valence-corrected chi connectivity index (χ2v) is 4.06. The number of nitrogens with one attached hydrogen (secondary N) is 1. The summed E-state index contributed by atoms with van der Waals surface area (Å²) in [5.41, 5.74) is 7.59. The molecule has 0 spiro atoms. The van der Waals surface area contributed by atoms with Gasteiger partial charge in [-0.15, -0.1) is 24.8 Å². The lowest BCUT2D eigenvalue weighted by Gasteiger charge is -2.07. The van der Waals surface area contributed by atoms with Crippen LogP contribution in [0.1, 0.15) is 31.0 Å². The normalized spacial score (nSPS) is 10.8. The summed E-state index contributed by atoms with van der Waals surface area (Å²) in [7, 11) is 0. The molecule has 0 saturated heterocycles. The van der Waals surface area contributed by atoms with E-state index in [-0.39, 0.29) is 36.8 Å². The zero-order valence-electron chi connectivity index (χ0n) is 10.7. The van der Waals surface area contributed by atoms with Crippen molar-refractivity contribution in [3.63, 3.8) is 0 Å². The number of carbonyl (C=O) groups excluding carboxylic acids is 1. The number of nitrogens with two attached hydrogens (primary N) is 1. The Bertz CT molecular complexity index is 359. The second kappa shape index (κ2) is 10.1. The maximum Gasteiger partial charge on any atom is 0.220 e. The molecular formula is C12H21Cl2N3O. The number of pyridine rings is 1. The predicted octanol–water partition coefficient (Wildman–Crippen LogP) is 1.98. The molecular weight excluding hydrogens is 273 g/mol. The molecule has 104 valence electrons. The van der Waals surface area contributed by atoms with Gasteiger partial charge in [0.25, 0.3) is 0 Å². The second-order valence-electron chi connectivity index (χ2n) is 4.06. The Labute approximate surface area is 121 Å². The molecule has 0 radical (unpaired) electrons. The van der Waals surface area contributed by atoms with Crippen molar-refractivity contribution in [3.8, 4) is 0 Å². The summed E-state index contributed by atoms with van der Waals surface area (Å²) in [5.74, 6) is 0.0300.